The first kappa shape index (κ1) is 15.7. The monoisotopic (exact) mass is 332 g/mol. The van der Waals surface area contributed by atoms with Gasteiger partial charge in [0.25, 0.3) is 0 Å². The minimum atomic E-state index is 0.0278. The molecule has 5 rings (SSSR count). The van der Waals surface area contributed by atoms with Crippen LogP contribution >= 0.6 is 0 Å². The van der Waals surface area contributed by atoms with Gasteiger partial charge in [0.15, 0.2) is 0 Å². The lowest BCUT2D eigenvalue weighted by Gasteiger charge is -2.52. The van der Waals surface area contributed by atoms with Crippen LogP contribution < -0.4 is 9.64 Å². The summed E-state index contributed by atoms with van der Waals surface area (Å²) < 4.78 is 5.27. The number of ketones is 1. The van der Waals surface area contributed by atoms with E-state index in [-0.39, 0.29) is 18.0 Å². The fourth-order valence-electron chi connectivity index (χ4n) is 4.28. The lowest BCUT2D eigenvalue weighted by Crippen LogP contribution is -2.54. The maximum absolute atomic E-state index is 12.5. The van der Waals surface area contributed by atoms with Gasteiger partial charge in [-0.1, -0.05) is 12.1 Å². The number of nitriles is 1. The van der Waals surface area contributed by atoms with Gasteiger partial charge in [0.05, 0.1) is 24.8 Å². The number of hydrogen-bond acceptors (Lipinski definition) is 4. The van der Waals surface area contributed by atoms with Gasteiger partial charge in [-0.25, -0.2) is 0 Å². The molecule has 2 bridgehead atoms. The molecule has 2 heterocycles. The molecule has 2 aliphatic heterocycles. The van der Waals surface area contributed by atoms with Crippen LogP contribution in [0.2, 0.25) is 0 Å². The molecule has 2 aromatic rings. The lowest BCUT2D eigenvalue weighted by atomic mass is 9.71. The summed E-state index contributed by atoms with van der Waals surface area (Å²) in [5.74, 6) is 1.23. The van der Waals surface area contributed by atoms with Crippen molar-refractivity contribution < 1.29 is 9.53 Å². The van der Waals surface area contributed by atoms with Crippen LogP contribution in [0.3, 0.4) is 0 Å². The smallest absolute Gasteiger partial charge is 0.140 e. The lowest BCUT2D eigenvalue weighted by molar-refractivity contribution is -0.128. The minimum Gasteiger partial charge on any atom is -0.497 e. The van der Waals surface area contributed by atoms with Crippen LogP contribution in [0, 0.1) is 17.2 Å². The number of anilines is 1. The second-order valence-corrected chi connectivity index (χ2v) is 6.79. The normalized spacial score (nSPS) is 24.9. The van der Waals surface area contributed by atoms with Crippen LogP contribution in [0.5, 0.6) is 5.75 Å². The standard InChI is InChI=1S/C21H20N2O2/c1-25-18-9-6-16(7-10-18)23-17-8-11-19(20(24)12-17)21(23)15-4-2-14(13-22)3-5-15/h2-7,9-10,17,19,21H,8,11-12H2,1H3/t17-,19+,21+/m0/s1. The highest BCUT2D eigenvalue weighted by molar-refractivity contribution is 5.86. The van der Waals surface area contributed by atoms with Crippen LogP contribution in [0.15, 0.2) is 48.5 Å². The van der Waals surface area contributed by atoms with Gasteiger partial charge in [-0.05, 0) is 54.8 Å². The molecule has 3 atom stereocenters. The highest BCUT2D eigenvalue weighted by Crippen LogP contribution is 2.48. The molecule has 0 unspecified atom stereocenters. The summed E-state index contributed by atoms with van der Waals surface area (Å²) in [7, 11) is 1.66. The molecule has 1 saturated carbocycles. The van der Waals surface area contributed by atoms with Crippen molar-refractivity contribution in [3.05, 3.63) is 59.7 Å². The largest absolute Gasteiger partial charge is 0.497 e. The zero-order valence-electron chi connectivity index (χ0n) is 14.2. The molecule has 4 heteroatoms. The zero-order valence-corrected chi connectivity index (χ0v) is 14.2. The fraction of sp³-hybridized carbons (Fsp3) is 0.333. The number of carbonyl (C=O) groups is 1. The summed E-state index contributed by atoms with van der Waals surface area (Å²) in [6, 6.07) is 18.2. The number of piperidine rings is 2. The van der Waals surface area contributed by atoms with E-state index in [1.165, 1.54) is 0 Å². The topological polar surface area (TPSA) is 53.3 Å². The highest BCUT2D eigenvalue weighted by Gasteiger charge is 2.47. The van der Waals surface area contributed by atoms with Crippen LogP contribution in [-0.2, 0) is 4.79 Å². The third-order valence-corrected chi connectivity index (χ3v) is 5.49. The Bertz CT molecular complexity index is 820. The molecule has 0 spiro atoms. The number of rotatable bonds is 3. The molecule has 0 aromatic heterocycles. The molecule has 2 saturated heterocycles. The molecular formula is C21H20N2O2. The second-order valence-electron chi connectivity index (χ2n) is 6.79. The van der Waals surface area contributed by atoms with E-state index in [2.05, 4.69) is 23.1 Å². The first-order valence-corrected chi connectivity index (χ1v) is 8.66. The number of fused-ring (bicyclic) bond motifs is 3. The van der Waals surface area contributed by atoms with Gasteiger partial charge in [0.2, 0.25) is 0 Å². The van der Waals surface area contributed by atoms with Gasteiger partial charge < -0.3 is 9.64 Å². The van der Waals surface area contributed by atoms with Gasteiger partial charge in [-0.15, -0.1) is 0 Å². The third-order valence-electron chi connectivity index (χ3n) is 5.49. The van der Waals surface area contributed by atoms with Crippen molar-refractivity contribution in [2.24, 2.45) is 5.92 Å². The van der Waals surface area contributed by atoms with Crippen LogP contribution in [0.25, 0.3) is 0 Å². The van der Waals surface area contributed by atoms with Crippen LogP contribution in [0.1, 0.15) is 36.4 Å². The van der Waals surface area contributed by atoms with Crippen molar-refractivity contribution in [1.29, 1.82) is 5.26 Å². The third kappa shape index (κ3) is 2.66. The Kier molecular flexibility index (Phi) is 3.93. The molecule has 3 fully saturated rings. The van der Waals surface area contributed by atoms with Crippen molar-refractivity contribution in [2.45, 2.75) is 31.3 Å². The van der Waals surface area contributed by atoms with E-state index in [9.17, 15) is 4.79 Å². The summed E-state index contributed by atoms with van der Waals surface area (Å²) in [6.07, 6.45) is 2.62. The van der Waals surface area contributed by atoms with E-state index >= 15 is 0 Å². The molecule has 126 valence electrons. The molecule has 25 heavy (non-hydrogen) atoms. The molecular weight excluding hydrogens is 312 g/mol. The average molecular weight is 332 g/mol. The summed E-state index contributed by atoms with van der Waals surface area (Å²) in [4.78, 5) is 14.9. The van der Waals surface area contributed by atoms with Crippen LogP contribution in [0.4, 0.5) is 5.69 Å². The summed E-state index contributed by atoms with van der Waals surface area (Å²) in [5, 5.41) is 9.04. The van der Waals surface area contributed by atoms with Crippen LogP contribution in [-0.4, -0.2) is 18.9 Å². The van der Waals surface area contributed by atoms with Gasteiger partial charge in [0, 0.05) is 24.1 Å². The molecule has 0 N–H and O–H groups in total. The van der Waals surface area contributed by atoms with Crippen molar-refractivity contribution in [1.82, 2.24) is 0 Å². The Balaban J connectivity index is 1.75. The van der Waals surface area contributed by atoms with Gasteiger partial charge in [0.1, 0.15) is 11.5 Å². The van der Waals surface area contributed by atoms with Gasteiger partial charge in [-0.2, -0.15) is 5.26 Å². The number of nitrogens with zero attached hydrogens (tertiary/aromatic N) is 2. The number of hydrogen-bond donors (Lipinski definition) is 0. The molecule has 1 aliphatic carbocycles. The quantitative estimate of drug-likeness (QED) is 0.856. The maximum Gasteiger partial charge on any atom is 0.140 e. The van der Waals surface area contributed by atoms with E-state index < -0.39 is 0 Å². The van der Waals surface area contributed by atoms with E-state index in [0.717, 1.165) is 29.8 Å². The Morgan fingerprint density at radius 2 is 1.80 bits per heavy atom. The summed E-state index contributed by atoms with van der Waals surface area (Å²) in [6.45, 7) is 0. The molecule has 0 amide bonds. The predicted molar refractivity (Wildman–Crippen MR) is 95.5 cm³/mol. The van der Waals surface area contributed by atoms with Gasteiger partial charge in [-0.3, -0.25) is 4.79 Å². The van der Waals surface area contributed by atoms with Crippen molar-refractivity contribution >= 4 is 11.5 Å². The van der Waals surface area contributed by atoms with Crippen molar-refractivity contribution in [3.63, 3.8) is 0 Å². The Morgan fingerprint density at radius 3 is 2.40 bits per heavy atom. The summed E-state index contributed by atoms with van der Waals surface area (Å²) >= 11 is 0. The Hall–Kier alpha value is -2.80. The zero-order chi connectivity index (χ0) is 17.4. The SMILES string of the molecule is COc1ccc(N2[C@H]3CC[C@H](C(=O)C3)[C@H]2c2ccc(C#N)cc2)cc1. The first-order chi connectivity index (χ1) is 12.2. The number of ether oxygens (including phenoxy) is 1. The number of carbonyl (C=O) groups excluding carboxylic acids is 1. The number of methoxy groups -OCH3 is 1. The average Bonchev–Trinajstić information content (AvgIpc) is 2.68. The second kappa shape index (κ2) is 6.25. The summed E-state index contributed by atoms with van der Waals surface area (Å²) in [5.41, 5.74) is 2.88. The van der Waals surface area contributed by atoms with E-state index in [1.54, 1.807) is 7.11 Å². The van der Waals surface area contributed by atoms with Crippen molar-refractivity contribution in [3.8, 4) is 11.8 Å². The van der Waals surface area contributed by atoms with E-state index in [4.69, 9.17) is 10.00 Å². The molecule has 0 radical (unpaired) electrons. The van der Waals surface area contributed by atoms with E-state index in [1.807, 2.05) is 36.4 Å². The minimum absolute atomic E-state index is 0.0278. The molecule has 2 aromatic carbocycles. The Labute approximate surface area is 147 Å². The first-order valence-electron chi connectivity index (χ1n) is 8.66. The molecule has 4 nitrogen and oxygen atoms in total. The highest BCUT2D eigenvalue weighted by atomic mass is 16.5. The van der Waals surface area contributed by atoms with Crippen molar-refractivity contribution in [2.75, 3.05) is 12.0 Å². The van der Waals surface area contributed by atoms with Gasteiger partial charge >= 0.3 is 0 Å². The fourth-order valence-corrected chi connectivity index (χ4v) is 4.28. The number of Topliss-reactive ketones (excluding diaryl/α,β-unsaturated/α-hetero) is 1. The molecule has 3 aliphatic rings. The maximum atomic E-state index is 12.5. The predicted octanol–water partition coefficient (Wildman–Crippen LogP) is 3.87. The van der Waals surface area contributed by atoms with E-state index in [0.29, 0.717) is 17.8 Å². The number of benzene rings is 2. The Morgan fingerprint density at radius 1 is 1.08 bits per heavy atom.